The van der Waals surface area contributed by atoms with Gasteiger partial charge in [-0.3, -0.25) is 15.1 Å². The summed E-state index contributed by atoms with van der Waals surface area (Å²) in [6, 6.07) is 2.95. The van der Waals surface area contributed by atoms with Crippen LogP contribution in [0.25, 0.3) is 0 Å². The Morgan fingerprint density at radius 2 is 2.27 bits per heavy atom. The van der Waals surface area contributed by atoms with Gasteiger partial charge in [-0.2, -0.15) is 11.8 Å². The zero-order chi connectivity index (χ0) is 17.4. The van der Waals surface area contributed by atoms with E-state index in [9.17, 15) is 9.59 Å². The molecule has 148 valence electrons. The third-order valence-electron chi connectivity index (χ3n) is 3.58. The van der Waals surface area contributed by atoms with Crippen molar-refractivity contribution in [1.82, 2.24) is 15.6 Å². The summed E-state index contributed by atoms with van der Waals surface area (Å²) in [4.78, 5) is 28.6. The van der Waals surface area contributed by atoms with Gasteiger partial charge in [-0.15, -0.1) is 36.6 Å². The Morgan fingerprint density at radius 1 is 1.50 bits per heavy atom. The van der Waals surface area contributed by atoms with Gasteiger partial charge < -0.3 is 10.1 Å². The molecule has 1 aliphatic heterocycles. The van der Waals surface area contributed by atoms with Gasteiger partial charge in [0.1, 0.15) is 6.04 Å². The minimum Gasteiger partial charge on any atom is -0.464 e. The number of aromatic nitrogens is 1. The van der Waals surface area contributed by atoms with E-state index in [2.05, 4.69) is 15.6 Å². The summed E-state index contributed by atoms with van der Waals surface area (Å²) < 4.78 is 5.06. The number of nitrogens with zero attached hydrogens (tertiary/aromatic N) is 1. The first kappa shape index (κ1) is 25.3. The van der Waals surface area contributed by atoms with Crippen molar-refractivity contribution in [2.24, 2.45) is 0 Å². The Labute approximate surface area is 175 Å². The van der Waals surface area contributed by atoms with Crippen molar-refractivity contribution in [3.8, 4) is 0 Å². The lowest BCUT2D eigenvalue weighted by Gasteiger charge is -2.19. The van der Waals surface area contributed by atoms with E-state index in [1.807, 2.05) is 18.4 Å². The highest BCUT2D eigenvalue weighted by Gasteiger charge is 2.33. The SMILES string of the molecule is CCOC(=O)[C@@H](CCSC)NC(=O)C1CSC(c2cccnc2)N1.Cl.Cl. The molecule has 1 amide bonds. The average molecular weight is 442 g/mol. The van der Waals surface area contributed by atoms with Gasteiger partial charge in [-0.05, 0) is 37.0 Å². The van der Waals surface area contributed by atoms with E-state index in [1.165, 1.54) is 0 Å². The Morgan fingerprint density at radius 3 is 2.88 bits per heavy atom. The fourth-order valence-electron chi connectivity index (χ4n) is 2.35. The number of carbonyl (C=O) groups is 2. The van der Waals surface area contributed by atoms with Crippen molar-refractivity contribution in [2.45, 2.75) is 30.8 Å². The molecular weight excluding hydrogens is 417 g/mol. The fourth-order valence-corrected chi connectivity index (χ4v) is 4.04. The summed E-state index contributed by atoms with van der Waals surface area (Å²) >= 11 is 3.30. The largest absolute Gasteiger partial charge is 0.464 e. The van der Waals surface area contributed by atoms with E-state index >= 15 is 0 Å². The predicted molar refractivity (Wildman–Crippen MR) is 112 cm³/mol. The van der Waals surface area contributed by atoms with Crippen molar-refractivity contribution in [3.63, 3.8) is 0 Å². The van der Waals surface area contributed by atoms with Gasteiger partial charge in [0.15, 0.2) is 0 Å². The second-order valence-corrected chi connectivity index (χ2v) is 7.44. The zero-order valence-corrected chi connectivity index (χ0v) is 17.9. The number of carbonyl (C=O) groups excluding carboxylic acids is 2. The number of amides is 1. The maximum atomic E-state index is 12.5. The molecule has 0 bridgehead atoms. The minimum absolute atomic E-state index is 0. The van der Waals surface area contributed by atoms with Crippen LogP contribution in [0.4, 0.5) is 0 Å². The molecule has 1 saturated heterocycles. The van der Waals surface area contributed by atoms with E-state index in [1.54, 1.807) is 42.8 Å². The number of hydrogen-bond acceptors (Lipinski definition) is 7. The molecule has 1 aliphatic rings. The van der Waals surface area contributed by atoms with E-state index in [0.717, 1.165) is 11.3 Å². The average Bonchev–Trinajstić information content (AvgIpc) is 3.09. The molecule has 2 N–H and O–H groups in total. The molecule has 0 radical (unpaired) electrons. The van der Waals surface area contributed by atoms with Crippen LogP contribution in [0.1, 0.15) is 24.3 Å². The lowest BCUT2D eigenvalue weighted by Crippen LogP contribution is -2.50. The highest BCUT2D eigenvalue weighted by molar-refractivity contribution is 7.99. The molecule has 6 nitrogen and oxygen atoms in total. The molecule has 0 saturated carbocycles. The molecule has 2 rings (SSSR count). The molecule has 0 aliphatic carbocycles. The van der Waals surface area contributed by atoms with Crippen LogP contribution in [0.15, 0.2) is 24.5 Å². The molecule has 1 fully saturated rings. The highest BCUT2D eigenvalue weighted by atomic mass is 35.5. The van der Waals surface area contributed by atoms with Crippen molar-refractivity contribution in [1.29, 1.82) is 0 Å². The summed E-state index contributed by atoms with van der Waals surface area (Å²) in [5.74, 6) is 0.917. The number of esters is 1. The van der Waals surface area contributed by atoms with Crippen LogP contribution < -0.4 is 10.6 Å². The second-order valence-electron chi connectivity index (χ2n) is 5.31. The maximum absolute atomic E-state index is 12.5. The number of hydrogen-bond donors (Lipinski definition) is 2. The Hall–Kier alpha value is -0.670. The fraction of sp³-hybridized carbons (Fsp3) is 0.562. The van der Waals surface area contributed by atoms with Crippen LogP contribution in [0.5, 0.6) is 0 Å². The lowest BCUT2D eigenvalue weighted by molar-refractivity contribution is -0.147. The van der Waals surface area contributed by atoms with Crippen molar-refractivity contribution < 1.29 is 14.3 Å². The Bertz CT molecular complexity index is 555. The third kappa shape index (κ3) is 7.52. The third-order valence-corrected chi connectivity index (χ3v) is 5.50. The van der Waals surface area contributed by atoms with Gasteiger partial charge in [0.25, 0.3) is 0 Å². The van der Waals surface area contributed by atoms with Crippen LogP contribution >= 0.6 is 48.3 Å². The topological polar surface area (TPSA) is 80.3 Å². The van der Waals surface area contributed by atoms with Crippen LogP contribution in [-0.2, 0) is 14.3 Å². The van der Waals surface area contributed by atoms with Gasteiger partial charge in [0, 0.05) is 18.1 Å². The van der Waals surface area contributed by atoms with Gasteiger partial charge in [0.2, 0.25) is 5.91 Å². The van der Waals surface area contributed by atoms with Gasteiger partial charge in [-0.25, -0.2) is 4.79 Å². The first-order valence-electron chi connectivity index (χ1n) is 7.89. The summed E-state index contributed by atoms with van der Waals surface area (Å²) in [7, 11) is 0. The van der Waals surface area contributed by atoms with Crippen LogP contribution in [0.3, 0.4) is 0 Å². The quantitative estimate of drug-likeness (QED) is 0.599. The van der Waals surface area contributed by atoms with Crippen molar-refractivity contribution in [3.05, 3.63) is 30.1 Å². The van der Waals surface area contributed by atoms with E-state index in [-0.39, 0.29) is 48.1 Å². The predicted octanol–water partition coefficient (Wildman–Crippen LogP) is 2.43. The summed E-state index contributed by atoms with van der Waals surface area (Å²) in [5, 5.41) is 6.17. The van der Waals surface area contributed by atoms with Crippen LogP contribution in [-0.4, -0.2) is 53.3 Å². The van der Waals surface area contributed by atoms with Gasteiger partial charge in [-0.1, -0.05) is 6.07 Å². The van der Waals surface area contributed by atoms with E-state index < -0.39 is 6.04 Å². The first-order chi connectivity index (χ1) is 11.7. The van der Waals surface area contributed by atoms with Crippen LogP contribution in [0, 0.1) is 0 Å². The summed E-state index contributed by atoms with van der Waals surface area (Å²) in [6.07, 6.45) is 6.06. The molecule has 2 unspecified atom stereocenters. The number of rotatable bonds is 8. The molecule has 3 atom stereocenters. The zero-order valence-electron chi connectivity index (χ0n) is 14.7. The van der Waals surface area contributed by atoms with E-state index in [4.69, 9.17) is 4.74 Å². The number of thioether (sulfide) groups is 2. The molecule has 0 aromatic carbocycles. The molecule has 0 spiro atoms. The summed E-state index contributed by atoms with van der Waals surface area (Å²) in [5.41, 5.74) is 1.04. The van der Waals surface area contributed by atoms with Crippen molar-refractivity contribution in [2.75, 3.05) is 24.4 Å². The van der Waals surface area contributed by atoms with E-state index in [0.29, 0.717) is 18.8 Å². The molecule has 2 heterocycles. The molecule has 26 heavy (non-hydrogen) atoms. The lowest BCUT2D eigenvalue weighted by atomic mass is 10.2. The standard InChI is InChI=1S/C16H23N3O3S2.2ClH/c1-3-22-16(21)12(6-8-23-2)18-14(20)13-10-24-15(19-13)11-5-4-7-17-9-11;;/h4-5,7,9,12-13,15,19H,3,6,8,10H2,1-2H3,(H,18,20);2*1H/t12-,13?,15?;;/m1../s1. The number of ether oxygens (including phenoxy) is 1. The Kier molecular flexibility index (Phi) is 13.1. The van der Waals surface area contributed by atoms with Crippen LogP contribution in [0.2, 0.25) is 0 Å². The van der Waals surface area contributed by atoms with Gasteiger partial charge in [0.05, 0.1) is 18.0 Å². The van der Waals surface area contributed by atoms with Crippen molar-refractivity contribution >= 4 is 60.2 Å². The Balaban J connectivity index is 0.00000312. The molecule has 10 heteroatoms. The second kappa shape index (κ2) is 13.5. The first-order valence-corrected chi connectivity index (χ1v) is 10.3. The normalized spacial score (nSPS) is 19.6. The molecule has 1 aromatic heterocycles. The smallest absolute Gasteiger partial charge is 0.328 e. The number of nitrogens with one attached hydrogen (secondary N) is 2. The minimum atomic E-state index is -0.589. The van der Waals surface area contributed by atoms with Gasteiger partial charge >= 0.3 is 5.97 Å². The number of pyridine rings is 1. The monoisotopic (exact) mass is 441 g/mol. The molecular formula is C16H25Cl2N3O3S2. The summed E-state index contributed by atoms with van der Waals surface area (Å²) in [6.45, 7) is 2.07. The highest BCUT2D eigenvalue weighted by Crippen LogP contribution is 2.32. The molecule has 1 aromatic rings. The maximum Gasteiger partial charge on any atom is 0.328 e. The number of halogens is 2.